The number of nitrogens with one attached hydrogen (secondary N) is 2. The molecule has 3 aliphatic rings. The molecular weight excluding hydrogens is 518 g/mol. The van der Waals surface area contributed by atoms with Crippen molar-refractivity contribution in [3.8, 4) is 0 Å². The molecule has 0 bridgehead atoms. The van der Waals surface area contributed by atoms with Gasteiger partial charge in [0.2, 0.25) is 0 Å². The van der Waals surface area contributed by atoms with Gasteiger partial charge in [0, 0.05) is 54.3 Å². The van der Waals surface area contributed by atoms with E-state index in [1.807, 2.05) is 66.7 Å². The Morgan fingerprint density at radius 1 is 0.825 bits per heavy atom. The van der Waals surface area contributed by atoms with Gasteiger partial charge in [0.25, 0.3) is 5.91 Å². The number of hydrogen-bond acceptors (Lipinski definition) is 4. The van der Waals surface area contributed by atoms with Crippen molar-refractivity contribution in [2.24, 2.45) is 5.41 Å². The molecule has 0 radical (unpaired) electrons. The van der Waals surface area contributed by atoms with Gasteiger partial charge in [-0.2, -0.15) is 0 Å². The fourth-order valence-corrected chi connectivity index (χ4v) is 7.65. The Morgan fingerprint density at radius 2 is 1.48 bits per heavy atom. The highest BCUT2D eigenvalue weighted by molar-refractivity contribution is 6.31. The number of ketones is 1. The summed E-state index contributed by atoms with van der Waals surface area (Å²) < 4.78 is 0. The fraction of sp³-hybridized carbons (Fsp3) is 0.235. The number of amides is 1. The van der Waals surface area contributed by atoms with Crippen molar-refractivity contribution < 1.29 is 9.59 Å². The minimum Gasteiger partial charge on any atom is -0.324 e. The molecule has 0 aromatic heterocycles. The average molecular weight is 548 g/mol. The van der Waals surface area contributed by atoms with Crippen LogP contribution in [0.15, 0.2) is 109 Å². The van der Waals surface area contributed by atoms with Crippen molar-refractivity contribution in [1.29, 1.82) is 0 Å². The number of carbonyl (C=O) groups is 2. The van der Waals surface area contributed by atoms with Gasteiger partial charge in [-0.25, -0.2) is 0 Å². The van der Waals surface area contributed by atoms with E-state index in [4.69, 9.17) is 11.6 Å². The van der Waals surface area contributed by atoms with Crippen LogP contribution in [0.25, 0.3) is 0 Å². The van der Waals surface area contributed by atoms with Crippen molar-refractivity contribution in [3.05, 3.63) is 136 Å². The molecule has 2 saturated heterocycles. The third-order valence-electron chi connectivity index (χ3n) is 9.07. The maximum absolute atomic E-state index is 14.7. The molecule has 3 aliphatic heterocycles. The van der Waals surface area contributed by atoms with Crippen LogP contribution in [0, 0.1) is 5.41 Å². The van der Waals surface area contributed by atoms with Crippen LogP contribution in [0.3, 0.4) is 0 Å². The average Bonchev–Trinajstić information content (AvgIpc) is 3.44. The van der Waals surface area contributed by atoms with E-state index < -0.39 is 11.0 Å². The van der Waals surface area contributed by atoms with E-state index >= 15 is 0 Å². The van der Waals surface area contributed by atoms with Crippen molar-refractivity contribution >= 4 is 29.0 Å². The zero-order chi connectivity index (χ0) is 27.3. The van der Waals surface area contributed by atoms with Crippen LogP contribution in [-0.4, -0.2) is 29.7 Å². The summed E-state index contributed by atoms with van der Waals surface area (Å²) in [6, 6.07) is 36.0. The molecule has 0 aliphatic carbocycles. The maximum Gasteiger partial charge on any atom is 0.250 e. The molecule has 6 heteroatoms. The van der Waals surface area contributed by atoms with Crippen molar-refractivity contribution in [1.82, 2.24) is 10.2 Å². The van der Waals surface area contributed by atoms with Gasteiger partial charge < -0.3 is 5.32 Å². The third kappa shape index (κ3) is 3.69. The predicted octanol–water partition coefficient (Wildman–Crippen LogP) is 6.08. The summed E-state index contributed by atoms with van der Waals surface area (Å²) in [5.41, 5.74) is 2.35. The number of halogens is 1. The van der Waals surface area contributed by atoms with E-state index in [0.717, 1.165) is 16.7 Å². The van der Waals surface area contributed by atoms with E-state index in [2.05, 4.69) is 51.9 Å². The van der Waals surface area contributed by atoms with Crippen LogP contribution in [0.1, 0.15) is 40.6 Å². The minimum absolute atomic E-state index is 0.111. The third-order valence-corrected chi connectivity index (χ3v) is 9.31. The number of carbonyl (C=O) groups excluding carboxylic acids is 2. The number of Topliss-reactive ketones (excluding diaryl/α,β-unsaturated/α-hetero) is 1. The molecule has 4 aromatic rings. The van der Waals surface area contributed by atoms with E-state index in [1.54, 1.807) is 6.07 Å². The lowest BCUT2D eigenvalue weighted by molar-refractivity contribution is -0.146. The number of anilines is 1. The number of likely N-dealkylation sites (tertiary alicyclic amines) is 1. The molecule has 4 unspecified atom stereocenters. The molecule has 2 fully saturated rings. The maximum atomic E-state index is 14.7. The van der Waals surface area contributed by atoms with Crippen molar-refractivity contribution in [3.63, 3.8) is 0 Å². The number of piperidine rings is 1. The van der Waals surface area contributed by atoms with Gasteiger partial charge in [0.15, 0.2) is 0 Å². The van der Waals surface area contributed by atoms with Gasteiger partial charge in [0.05, 0.1) is 5.41 Å². The van der Waals surface area contributed by atoms with Crippen LogP contribution in [0.2, 0.25) is 5.02 Å². The summed E-state index contributed by atoms with van der Waals surface area (Å²) in [5.74, 6) is -0.378. The van der Waals surface area contributed by atoms with Gasteiger partial charge in [-0.15, -0.1) is 0 Å². The Morgan fingerprint density at radius 3 is 2.17 bits per heavy atom. The lowest BCUT2D eigenvalue weighted by Crippen LogP contribution is -2.64. The standard InChI is InChI=1S/C34H30ClN3O2/c35-26-16-17-28-27(20-26)34(32(40)36-28)33(22-38(19-18-29(33)39)21-23-10-4-1-5-11-23)30(24-12-6-2-7-13-24)31(37-34)25-14-8-3-9-15-25/h1-17,20,30-31,37H,18-19,21-22H2,(H,36,40). The SMILES string of the molecule is O=C1Nc2ccc(Cl)cc2C12NC(c1ccccc1)C(c1ccccc1)C21CN(Cc2ccccc2)CCC1=O. The summed E-state index contributed by atoms with van der Waals surface area (Å²) in [4.78, 5) is 31.5. The van der Waals surface area contributed by atoms with Gasteiger partial charge in [-0.3, -0.25) is 19.8 Å². The highest BCUT2D eigenvalue weighted by Gasteiger charge is 2.74. The van der Waals surface area contributed by atoms with Gasteiger partial charge >= 0.3 is 0 Å². The lowest BCUT2D eigenvalue weighted by Gasteiger charge is -2.49. The molecule has 2 N–H and O–H groups in total. The van der Waals surface area contributed by atoms with E-state index in [9.17, 15) is 9.59 Å². The zero-order valence-electron chi connectivity index (χ0n) is 22.0. The molecule has 3 heterocycles. The Hall–Kier alpha value is -3.77. The Bertz CT molecular complexity index is 1580. The molecule has 4 atom stereocenters. The molecule has 4 aromatic carbocycles. The van der Waals surface area contributed by atoms with Gasteiger partial charge in [-0.1, -0.05) is 103 Å². The molecule has 200 valence electrons. The normalized spacial score (nSPS) is 27.7. The second-order valence-corrected chi connectivity index (χ2v) is 11.6. The molecule has 5 nitrogen and oxygen atoms in total. The number of benzene rings is 4. The van der Waals surface area contributed by atoms with Crippen LogP contribution in [0.5, 0.6) is 0 Å². The summed E-state index contributed by atoms with van der Waals surface area (Å²) in [6.45, 7) is 1.79. The van der Waals surface area contributed by atoms with Crippen LogP contribution in [-0.2, 0) is 21.7 Å². The highest BCUT2D eigenvalue weighted by Crippen LogP contribution is 2.65. The summed E-state index contributed by atoms with van der Waals surface area (Å²) >= 11 is 6.58. The fourth-order valence-electron chi connectivity index (χ4n) is 7.48. The number of fused-ring (bicyclic) bond motifs is 3. The highest BCUT2D eigenvalue weighted by atomic mass is 35.5. The number of rotatable bonds is 4. The van der Waals surface area contributed by atoms with Crippen LogP contribution in [0.4, 0.5) is 5.69 Å². The quantitative estimate of drug-likeness (QED) is 0.325. The van der Waals surface area contributed by atoms with Crippen molar-refractivity contribution in [2.45, 2.75) is 30.5 Å². The molecule has 1 amide bonds. The Labute approximate surface area is 239 Å². The van der Waals surface area contributed by atoms with Gasteiger partial charge in [0.1, 0.15) is 11.3 Å². The summed E-state index contributed by atoms with van der Waals surface area (Å²) in [6.07, 6.45) is 0.365. The van der Waals surface area contributed by atoms with E-state index in [1.165, 1.54) is 5.56 Å². The second kappa shape index (κ2) is 9.70. The predicted molar refractivity (Wildman–Crippen MR) is 157 cm³/mol. The van der Waals surface area contributed by atoms with E-state index in [0.29, 0.717) is 36.8 Å². The molecule has 40 heavy (non-hydrogen) atoms. The molecule has 2 spiro atoms. The van der Waals surface area contributed by atoms with Crippen molar-refractivity contribution in [2.75, 3.05) is 18.4 Å². The van der Waals surface area contributed by atoms with Crippen LogP contribution >= 0.6 is 11.6 Å². The largest absolute Gasteiger partial charge is 0.324 e. The van der Waals surface area contributed by atoms with Crippen LogP contribution < -0.4 is 10.6 Å². The first-order chi connectivity index (χ1) is 19.5. The molecule has 0 saturated carbocycles. The smallest absolute Gasteiger partial charge is 0.250 e. The monoisotopic (exact) mass is 547 g/mol. The summed E-state index contributed by atoms with van der Waals surface area (Å²) in [5, 5.41) is 7.49. The number of nitrogens with zero attached hydrogens (tertiary/aromatic N) is 1. The van der Waals surface area contributed by atoms with E-state index in [-0.39, 0.29) is 23.7 Å². The topological polar surface area (TPSA) is 61.4 Å². The lowest BCUT2D eigenvalue weighted by atomic mass is 9.56. The summed E-state index contributed by atoms with van der Waals surface area (Å²) in [7, 11) is 0. The number of hydrogen-bond donors (Lipinski definition) is 2. The first-order valence-electron chi connectivity index (χ1n) is 13.8. The zero-order valence-corrected chi connectivity index (χ0v) is 22.8. The molecular formula is C34H30ClN3O2. The minimum atomic E-state index is -1.29. The van der Waals surface area contributed by atoms with Gasteiger partial charge in [-0.05, 0) is 34.9 Å². The Kier molecular flexibility index (Phi) is 6.12. The first-order valence-corrected chi connectivity index (χ1v) is 14.2. The first kappa shape index (κ1) is 25.2. The second-order valence-electron chi connectivity index (χ2n) is 11.2. The molecule has 7 rings (SSSR count). The Balaban J connectivity index is 1.49.